The number of nitrogens with zero attached hydrogens (tertiary/aromatic N) is 1. The summed E-state index contributed by atoms with van der Waals surface area (Å²) in [7, 11) is 0. The van der Waals surface area contributed by atoms with Crippen LogP contribution in [0, 0.1) is 0 Å². The van der Waals surface area contributed by atoms with E-state index in [0.29, 0.717) is 18.2 Å². The first kappa shape index (κ1) is 11.2. The summed E-state index contributed by atoms with van der Waals surface area (Å²) in [6.07, 6.45) is 4.88. The summed E-state index contributed by atoms with van der Waals surface area (Å²) in [4.78, 5) is 12.9. The van der Waals surface area contributed by atoms with Gasteiger partial charge < -0.3 is 5.11 Å². The number of carbonyl (C=O) groups is 1. The molecule has 0 radical (unpaired) electrons. The maximum atomic E-state index is 10.6. The van der Waals surface area contributed by atoms with Crippen LogP contribution in [0.1, 0.15) is 32.6 Å². The quantitative estimate of drug-likeness (QED) is 0.702. The Hall–Kier alpha value is -0.830. The van der Waals surface area contributed by atoms with Gasteiger partial charge in [0.25, 0.3) is 0 Å². The van der Waals surface area contributed by atoms with E-state index in [1.807, 2.05) is 0 Å². The van der Waals surface area contributed by atoms with Crippen molar-refractivity contribution < 1.29 is 9.90 Å². The third-order valence-corrected chi connectivity index (χ3v) is 2.89. The molecule has 1 fully saturated rings. The van der Waals surface area contributed by atoms with Crippen LogP contribution >= 0.6 is 0 Å². The normalized spacial score (nSPS) is 24.2. The zero-order chi connectivity index (χ0) is 10.6. The molecule has 1 saturated heterocycles. The third-order valence-electron chi connectivity index (χ3n) is 2.89. The largest absolute Gasteiger partial charge is 0.478 e. The van der Waals surface area contributed by atoms with E-state index in [2.05, 4.69) is 18.4 Å². The van der Waals surface area contributed by atoms with Crippen LogP contribution in [-0.2, 0) is 4.79 Å². The number of likely N-dealkylation sites (tertiary alicyclic amines) is 1. The van der Waals surface area contributed by atoms with Gasteiger partial charge in [0.15, 0.2) is 0 Å². The molecule has 1 heterocycles. The lowest BCUT2D eigenvalue weighted by Crippen LogP contribution is -2.35. The van der Waals surface area contributed by atoms with Gasteiger partial charge in [0.05, 0.1) is 0 Å². The highest BCUT2D eigenvalue weighted by molar-refractivity contribution is 5.86. The average molecular weight is 197 g/mol. The zero-order valence-electron chi connectivity index (χ0n) is 8.83. The van der Waals surface area contributed by atoms with Crippen molar-refractivity contribution in [2.45, 2.75) is 38.6 Å². The molecule has 14 heavy (non-hydrogen) atoms. The smallest absolute Gasteiger partial charge is 0.332 e. The second-order valence-corrected chi connectivity index (χ2v) is 4.08. The van der Waals surface area contributed by atoms with E-state index in [9.17, 15) is 4.79 Å². The van der Waals surface area contributed by atoms with Crippen molar-refractivity contribution in [3.8, 4) is 0 Å². The predicted octanol–water partition coefficient (Wildman–Crippen LogP) is 1.89. The van der Waals surface area contributed by atoms with Crippen LogP contribution in [-0.4, -0.2) is 35.1 Å². The SMILES string of the molecule is C=C(CN1CCCCCC1C)C(=O)O. The summed E-state index contributed by atoms with van der Waals surface area (Å²) in [5, 5.41) is 8.74. The van der Waals surface area contributed by atoms with Gasteiger partial charge in [-0.2, -0.15) is 0 Å². The highest BCUT2D eigenvalue weighted by Gasteiger charge is 2.18. The molecule has 1 aliphatic heterocycles. The molecule has 1 N–H and O–H groups in total. The molecule has 1 aliphatic rings. The van der Waals surface area contributed by atoms with Crippen molar-refractivity contribution in [1.82, 2.24) is 4.90 Å². The Morgan fingerprint density at radius 2 is 2.21 bits per heavy atom. The number of rotatable bonds is 3. The van der Waals surface area contributed by atoms with E-state index in [0.717, 1.165) is 6.54 Å². The Bertz CT molecular complexity index is 225. The monoisotopic (exact) mass is 197 g/mol. The minimum absolute atomic E-state index is 0.304. The van der Waals surface area contributed by atoms with Gasteiger partial charge >= 0.3 is 5.97 Å². The van der Waals surface area contributed by atoms with Gasteiger partial charge in [0.2, 0.25) is 0 Å². The minimum Gasteiger partial charge on any atom is -0.478 e. The van der Waals surface area contributed by atoms with E-state index in [-0.39, 0.29) is 0 Å². The minimum atomic E-state index is -0.874. The molecular formula is C11H19NO2. The van der Waals surface area contributed by atoms with E-state index in [1.54, 1.807) is 0 Å². The number of hydrogen-bond donors (Lipinski definition) is 1. The zero-order valence-corrected chi connectivity index (χ0v) is 8.83. The van der Waals surface area contributed by atoms with E-state index in [4.69, 9.17) is 5.11 Å². The Labute approximate surface area is 85.4 Å². The Kier molecular flexibility index (Phi) is 4.14. The summed E-state index contributed by atoms with van der Waals surface area (Å²) in [6, 6.07) is 0.494. The number of carboxylic acids is 1. The first-order chi connectivity index (χ1) is 6.61. The molecule has 3 nitrogen and oxygen atoms in total. The molecule has 0 aromatic rings. The van der Waals surface area contributed by atoms with Crippen molar-refractivity contribution >= 4 is 5.97 Å². The fourth-order valence-corrected chi connectivity index (χ4v) is 1.88. The summed E-state index contributed by atoms with van der Waals surface area (Å²) < 4.78 is 0. The van der Waals surface area contributed by atoms with Crippen molar-refractivity contribution in [2.75, 3.05) is 13.1 Å². The molecule has 0 aromatic carbocycles. The lowest BCUT2D eigenvalue weighted by molar-refractivity contribution is -0.132. The Morgan fingerprint density at radius 1 is 1.50 bits per heavy atom. The van der Waals surface area contributed by atoms with Gasteiger partial charge in [-0.3, -0.25) is 4.90 Å². The van der Waals surface area contributed by atoms with Crippen LogP contribution in [0.5, 0.6) is 0 Å². The van der Waals surface area contributed by atoms with Crippen LogP contribution in [0.4, 0.5) is 0 Å². The average Bonchev–Trinajstić information content (AvgIpc) is 2.32. The number of carboxylic acid groups (broad SMARTS) is 1. The molecule has 0 spiro atoms. The van der Waals surface area contributed by atoms with E-state index >= 15 is 0 Å². The standard InChI is InChI=1S/C11H19NO2/c1-9(11(13)14)8-12-7-5-3-4-6-10(12)2/h10H,1,3-8H2,2H3,(H,13,14). The maximum Gasteiger partial charge on any atom is 0.332 e. The van der Waals surface area contributed by atoms with Crippen molar-refractivity contribution in [1.29, 1.82) is 0 Å². The lowest BCUT2D eigenvalue weighted by atomic mass is 10.1. The number of hydrogen-bond acceptors (Lipinski definition) is 2. The Morgan fingerprint density at radius 3 is 2.86 bits per heavy atom. The van der Waals surface area contributed by atoms with Gasteiger partial charge in [0, 0.05) is 18.2 Å². The fraction of sp³-hybridized carbons (Fsp3) is 0.727. The van der Waals surface area contributed by atoms with Crippen LogP contribution < -0.4 is 0 Å². The molecular weight excluding hydrogens is 178 g/mol. The highest BCUT2D eigenvalue weighted by atomic mass is 16.4. The van der Waals surface area contributed by atoms with Crippen LogP contribution in [0.2, 0.25) is 0 Å². The molecule has 0 aromatic heterocycles. The third kappa shape index (κ3) is 3.14. The van der Waals surface area contributed by atoms with Gasteiger partial charge in [-0.05, 0) is 26.3 Å². The van der Waals surface area contributed by atoms with E-state index in [1.165, 1.54) is 25.7 Å². The van der Waals surface area contributed by atoms with Gasteiger partial charge in [-0.25, -0.2) is 4.79 Å². The molecule has 1 atom stereocenters. The van der Waals surface area contributed by atoms with Crippen molar-refractivity contribution in [3.63, 3.8) is 0 Å². The molecule has 0 aliphatic carbocycles. The molecule has 0 amide bonds. The van der Waals surface area contributed by atoms with Gasteiger partial charge in [-0.1, -0.05) is 19.4 Å². The summed E-state index contributed by atoms with van der Waals surface area (Å²) in [5.74, 6) is -0.874. The topological polar surface area (TPSA) is 40.5 Å². The van der Waals surface area contributed by atoms with Gasteiger partial charge in [-0.15, -0.1) is 0 Å². The second-order valence-electron chi connectivity index (χ2n) is 4.08. The molecule has 0 saturated carbocycles. The van der Waals surface area contributed by atoms with Crippen molar-refractivity contribution in [2.24, 2.45) is 0 Å². The van der Waals surface area contributed by atoms with Gasteiger partial charge in [0.1, 0.15) is 0 Å². The van der Waals surface area contributed by atoms with Crippen molar-refractivity contribution in [3.05, 3.63) is 12.2 Å². The van der Waals surface area contributed by atoms with Crippen LogP contribution in [0.15, 0.2) is 12.2 Å². The summed E-state index contributed by atoms with van der Waals surface area (Å²) in [5.41, 5.74) is 0.304. The molecule has 80 valence electrons. The first-order valence-corrected chi connectivity index (χ1v) is 5.26. The predicted molar refractivity (Wildman–Crippen MR) is 56.3 cm³/mol. The van der Waals surface area contributed by atoms with Crippen LogP contribution in [0.25, 0.3) is 0 Å². The highest BCUT2D eigenvalue weighted by Crippen LogP contribution is 2.17. The fourth-order valence-electron chi connectivity index (χ4n) is 1.88. The summed E-state index contributed by atoms with van der Waals surface area (Å²) in [6.45, 7) is 7.26. The molecule has 0 bridgehead atoms. The molecule has 1 rings (SSSR count). The maximum absolute atomic E-state index is 10.6. The molecule has 1 unspecified atom stereocenters. The molecule has 3 heteroatoms. The first-order valence-electron chi connectivity index (χ1n) is 5.26. The number of aliphatic carboxylic acids is 1. The summed E-state index contributed by atoms with van der Waals surface area (Å²) >= 11 is 0. The van der Waals surface area contributed by atoms with Crippen LogP contribution in [0.3, 0.4) is 0 Å². The Balaban J connectivity index is 2.48. The second kappa shape index (κ2) is 5.15. The lowest BCUT2D eigenvalue weighted by Gasteiger charge is -2.26. The van der Waals surface area contributed by atoms with E-state index < -0.39 is 5.97 Å².